The van der Waals surface area contributed by atoms with Crippen molar-refractivity contribution in [2.75, 3.05) is 14.2 Å². The Morgan fingerprint density at radius 3 is 2.42 bits per heavy atom. The van der Waals surface area contributed by atoms with Crippen LogP contribution in [0, 0.1) is 0 Å². The van der Waals surface area contributed by atoms with E-state index in [1.54, 1.807) is 14.2 Å². The molecular formula is C21H27N3O2. The molecule has 0 saturated carbocycles. The number of hydrogen-bond acceptors (Lipinski definition) is 4. The summed E-state index contributed by atoms with van der Waals surface area (Å²) >= 11 is 0. The van der Waals surface area contributed by atoms with Gasteiger partial charge < -0.3 is 19.8 Å². The zero-order valence-corrected chi connectivity index (χ0v) is 15.7. The van der Waals surface area contributed by atoms with Crippen LogP contribution in [0.4, 0.5) is 0 Å². The van der Waals surface area contributed by atoms with Crippen LogP contribution in [0.1, 0.15) is 37.2 Å². The van der Waals surface area contributed by atoms with Gasteiger partial charge in [-0.2, -0.15) is 0 Å². The van der Waals surface area contributed by atoms with Gasteiger partial charge in [0.15, 0.2) is 11.5 Å². The summed E-state index contributed by atoms with van der Waals surface area (Å²) < 4.78 is 13.1. The number of rotatable bonds is 8. The van der Waals surface area contributed by atoms with Crippen LogP contribution in [0.2, 0.25) is 0 Å². The number of hydrogen-bond donors (Lipinski definition) is 1. The van der Waals surface area contributed by atoms with Crippen LogP contribution < -0.4 is 15.2 Å². The van der Waals surface area contributed by atoms with Gasteiger partial charge in [0.2, 0.25) is 0 Å². The third-order valence-corrected chi connectivity index (χ3v) is 4.74. The van der Waals surface area contributed by atoms with Crippen molar-refractivity contribution in [3.05, 3.63) is 53.9 Å². The number of benzene rings is 2. The highest BCUT2D eigenvalue weighted by Crippen LogP contribution is 2.33. The molecule has 0 fully saturated rings. The molecule has 138 valence electrons. The van der Waals surface area contributed by atoms with Gasteiger partial charge in [-0.15, -0.1) is 0 Å². The first-order valence-electron chi connectivity index (χ1n) is 9.09. The molecule has 3 rings (SSSR count). The normalized spacial score (nSPS) is 12.3. The van der Waals surface area contributed by atoms with Crippen LogP contribution >= 0.6 is 0 Å². The third kappa shape index (κ3) is 3.68. The molecule has 2 aromatic carbocycles. The van der Waals surface area contributed by atoms with E-state index >= 15 is 0 Å². The fourth-order valence-corrected chi connectivity index (χ4v) is 3.26. The van der Waals surface area contributed by atoms with Gasteiger partial charge in [0.25, 0.3) is 0 Å². The van der Waals surface area contributed by atoms with Gasteiger partial charge in [0.05, 0.1) is 31.3 Å². The van der Waals surface area contributed by atoms with E-state index in [1.807, 2.05) is 18.2 Å². The van der Waals surface area contributed by atoms with Gasteiger partial charge in [-0.25, -0.2) is 4.98 Å². The maximum absolute atomic E-state index is 6.34. The number of aryl methyl sites for hydroxylation is 2. The van der Waals surface area contributed by atoms with Crippen LogP contribution in [-0.4, -0.2) is 23.8 Å². The molecule has 1 aromatic heterocycles. The second kappa shape index (κ2) is 8.23. The van der Waals surface area contributed by atoms with Crippen molar-refractivity contribution < 1.29 is 9.47 Å². The molecule has 26 heavy (non-hydrogen) atoms. The van der Waals surface area contributed by atoms with Gasteiger partial charge in [-0.1, -0.05) is 37.3 Å². The van der Waals surface area contributed by atoms with Crippen LogP contribution in [0.5, 0.6) is 11.5 Å². The van der Waals surface area contributed by atoms with Crippen molar-refractivity contribution in [3.8, 4) is 11.5 Å². The Balaban J connectivity index is 1.94. The zero-order valence-electron chi connectivity index (χ0n) is 15.7. The summed E-state index contributed by atoms with van der Waals surface area (Å²) in [5, 5.41) is 0. The molecule has 0 radical (unpaired) electrons. The molecule has 0 bridgehead atoms. The first kappa shape index (κ1) is 18.3. The van der Waals surface area contributed by atoms with Gasteiger partial charge >= 0.3 is 0 Å². The number of fused-ring (bicyclic) bond motifs is 1. The number of nitrogens with two attached hydrogens (primary N) is 1. The van der Waals surface area contributed by atoms with E-state index in [0.717, 1.165) is 42.7 Å². The van der Waals surface area contributed by atoms with Gasteiger partial charge in [-0.05, 0) is 24.8 Å². The standard InChI is InChI=1S/C21H27N3O2/c1-4-16(22)21-23-17-13-19(25-2)20(26-3)14-18(17)24(21)12-8-11-15-9-6-5-7-10-15/h5-7,9-10,13-14,16H,4,8,11-12,22H2,1-3H3. The van der Waals surface area contributed by atoms with E-state index in [0.29, 0.717) is 11.5 Å². The summed E-state index contributed by atoms with van der Waals surface area (Å²) in [6, 6.07) is 14.4. The molecule has 2 N–H and O–H groups in total. The van der Waals surface area contributed by atoms with E-state index < -0.39 is 0 Å². The topological polar surface area (TPSA) is 62.3 Å². The van der Waals surface area contributed by atoms with E-state index in [9.17, 15) is 0 Å². The summed E-state index contributed by atoms with van der Waals surface area (Å²) in [6.07, 6.45) is 2.89. The second-order valence-corrected chi connectivity index (χ2v) is 6.42. The summed E-state index contributed by atoms with van der Waals surface area (Å²) in [4.78, 5) is 4.80. The average Bonchev–Trinajstić information content (AvgIpc) is 3.04. The molecule has 1 unspecified atom stereocenters. The van der Waals surface area contributed by atoms with E-state index in [4.69, 9.17) is 20.2 Å². The highest BCUT2D eigenvalue weighted by molar-refractivity contribution is 5.80. The van der Waals surface area contributed by atoms with Crippen molar-refractivity contribution in [1.82, 2.24) is 9.55 Å². The average molecular weight is 353 g/mol. The zero-order chi connectivity index (χ0) is 18.5. The predicted molar refractivity (Wildman–Crippen MR) is 105 cm³/mol. The van der Waals surface area contributed by atoms with Crippen LogP contribution in [0.3, 0.4) is 0 Å². The van der Waals surface area contributed by atoms with Crippen LogP contribution in [-0.2, 0) is 13.0 Å². The number of ether oxygens (including phenoxy) is 2. The lowest BCUT2D eigenvalue weighted by Crippen LogP contribution is -2.16. The minimum atomic E-state index is -0.0869. The van der Waals surface area contributed by atoms with Crippen molar-refractivity contribution in [2.45, 2.75) is 38.8 Å². The summed E-state index contributed by atoms with van der Waals surface area (Å²) in [5.41, 5.74) is 9.61. The molecule has 1 heterocycles. The molecule has 5 heteroatoms. The quantitative estimate of drug-likeness (QED) is 0.662. The predicted octanol–water partition coefficient (Wildman–Crippen LogP) is 4.10. The van der Waals surface area contributed by atoms with Crippen molar-refractivity contribution >= 4 is 11.0 Å². The molecule has 5 nitrogen and oxygen atoms in total. The largest absolute Gasteiger partial charge is 0.493 e. The Labute approximate surface area is 154 Å². The van der Waals surface area contributed by atoms with Crippen molar-refractivity contribution in [1.29, 1.82) is 0 Å². The Morgan fingerprint density at radius 1 is 1.08 bits per heavy atom. The van der Waals surface area contributed by atoms with Crippen molar-refractivity contribution in [2.24, 2.45) is 5.73 Å². The van der Waals surface area contributed by atoms with Gasteiger partial charge in [0, 0.05) is 18.7 Å². The smallest absolute Gasteiger partial charge is 0.163 e. The molecule has 0 spiro atoms. The lowest BCUT2D eigenvalue weighted by Gasteiger charge is -2.14. The summed E-state index contributed by atoms with van der Waals surface area (Å²) in [7, 11) is 3.29. The molecule has 0 aliphatic heterocycles. The Kier molecular flexibility index (Phi) is 5.78. The highest BCUT2D eigenvalue weighted by Gasteiger charge is 2.18. The minimum absolute atomic E-state index is 0.0869. The summed E-state index contributed by atoms with van der Waals surface area (Å²) in [6.45, 7) is 2.95. The van der Waals surface area contributed by atoms with Gasteiger partial charge in [0.1, 0.15) is 5.82 Å². The molecule has 1 atom stereocenters. The SMILES string of the molecule is CCC(N)c1nc2cc(OC)c(OC)cc2n1CCCc1ccccc1. The monoisotopic (exact) mass is 353 g/mol. The fourth-order valence-electron chi connectivity index (χ4n) is 3.26. The minimum Gasteiger partial charge on any atom is -0.493 e. The Morgan fingerprint density at radius 2 is 1.77 bits per heavy atom. The Hall–Kier alpha value is -2.53. The molecule has 0 aliphatic rings. The lowest BCUT2D eigenvalue weighted by molar-refractivity contribution is 0.355. The number of imidazole rings is 1. The van der Waals surface area contributed by atoms with Gasteiger partial charge in [-0.3, -0.25) is 0 Å². The second-order valence-electron chi connectivity index (χ2n) is 6.42. The van der Waals surface area contributed by atoms with E-state index in [1.165, 1.54) is 5.56 Å². The maximum atomic E-state index is 6.34. The lowest BCUT2D eigenvalue weighted by atomic mass is 10.1. The first-order chi connectivity index (χ1) is 12.7. The molecular weight excluding hydrogens is 326 g/mol. The van der Waals surface area contributed by atoms with E-state index in [2.05, 4.69) is 35.8 Å². The molecule has 0 aliphatic carbocycles. The summed E-state index contributed by atoms with van der Waals surface area (Å²) in [5.74, 6) is 2.32. The van der Waals surface area contributed by atoms with E-state index in [-0.39, 0.29) is 6.04 Å². The molecule has 0 saturated heterocycles. The number of aromatic nitrogens is 2. The van der Waals surface area contributed by atoms with Crippen LogP contribution in [0.15, 0.2) is 42.5 Å². The highest BCUT2D eigenvalue weighted by atomic mass is 16.5. The third-order valence-electron chi connectivity index (χ3n) is 4.74. The molecule has 0 amide bonds. The molecule has 3 aromatic rings. The van der Waals surface area contributed by atoms with Crippen molar-refractivity contribution in [3.63, 3.8) is 0 Å². The Bertz CT molecular complexity index is 859. The fraction of sp³-hybridized carbons (Fsp3) is 0.381. The number of methoxy groups -OCH3 is 2. The first-order valence-corrected chi connectivity index (χ1v) is 9.09. The van der Waals surface area contributed by atoms with Crippen LogP contribution in [0.25, 0.3) is 11.0 Å². The maximum Gasteiger partial charge on any atom is 0.163 e. The number of nitrogens with zero attached hydrogens (tertiary/aromatic N) is 2.